The number of benzene rings is 2. The average Bonchev–Trinajstić information content (AvgIpc) is 3.36. The van der Waals surface area contributed by atoms with Crippen molar-refractivity contribution in [3.05, 3.63) is 71.4 Å². The van der Waals surface area contributed by atoms with E-state index in [0.717, 1.165) is 11.3 Å². The van der Waals surface area contributed by atoms with Crippen LogP contribution in [0.15, 0.2) is 60.8 Å². The predicted octanol–water partition coefficient (Wildman–Crippen LogP) is 3.59. The molecule has 1 aliphatic heterocycles. The van der Waals surface area contributed by atoms with Crippen LogP contribution in [0.25, 0.3) is 0 Å². The highest BCUT2D eigenvalue weighted by atomic mass is 35.5. The van der Waals surface area contributed by atoms with Crippen LogP contribution in [0.1, 0.15) is 12.0 Å². The van der Waals surface area contributed by atoms with E-state index in [1.807, 2.05) is 42.5 Å². The molecule has 1 N–H and O–H groups in total. The number of methoxy groups -OCH3 is 1. The molecule has 4 rings (SSSR count). The summed E-state index contributed by atoms with van der Waals surface area (Å²) in [5, 5.41) is 7.82. The maximum Gasteiger partial charge on any atom is 0.230 e. The Morgan fingerprint density at radius 2 is 2.07 bits per heavy atom. The van der Waals surface area contributed by atoms with E-state index in [0.29, 0.717) is 29.7 Å². The molecule has 2 amide bonds. The van der Waals surface area contributed by atoms with E-state index in [-0.39, 0.29) is 18.2 Å². The van der Waals surface area contributed by atoms with Crippen LogP contribution in [0.5, 0.6) is 5.75 Å². The lowest BCUT2D eigenvalue weighted by molar-refractivity contribution is -0.122. The average molecular weight is 425 g/mol. The molecule has 2 heterocycles. The van der Waals surface area contributed by atoms with Crippen LogP contribution in [-0.4, -0.2) is 35.2 Å². The molecule has 1 atom stereocenters. The first kappa shape index (κ1) is 20.0. The fourth-order valence-electron chi connectivity index (χ4n) is 3.49. The van der Waals surface area contributed by atoms with Gasteiger partial charge in [-0.05, 0) is 23.8 Å². The largest absolute Gasteiger partial charge is 0.497 e. The summed E-state index contributed by atoms with van der Waals surface area (Å²) in [5.41, 5.74) is 1.62. The van der Waals surface area contributed by atoms with Crippen molar-refractivity contribution < 1.29 is 14.3 Å². The zero-order valence-corrected chi connectivity index (χ0v) is 17.2. The van der Waals surface area contributed by atoms with E-state index in [9.17, 15) is 9.59 Å². The molecular weight excluding hydrogens is 404 g/mol. The normalized spacial score (nSPS) is 16.0. The first-order chi connectivity index (χ1) is 14.5. The second kappa shape index (κ2) is 8.59. The van der Waals surface area contributed by atoms with Gasteiger partial charge in [0.25, 0.3) is 0 Å². The molecule has 1 saturated heterocycles. The van der Waals surface area contributed by atoms with Crippen LogP contribution >= 0.6 is 11.6 Å². The monoisotopic (exact) mass is 424 g/mol. The molecule has 0 aliphatic carbocycles. The highest BCUT2D eigenvalue weighted by molar-refractivity contribution is 6.31. The molecular formula is C22H21ClN4O3. The van der Waals surface area contributed by atoms with E-state index in [2.05, 4.69) is 10.4 Å². The predicted molar refractivity (Wildman–Crippen MR) is 115 cm³/mol. The summed E-state index contributed by atoms with van der Waals surface area (Å²) >= 11 is 6.23. The van der Waals surface area contributed by atoms with Crippen molar-refractivity contribution in [2.24, 2.45) is 5.92 Å². The lowest BCUT2D eigenvalue weighted by Crippen LogP contribution is -2.28. The molecule has 1 unspecified atom stereocenters. The summed E-state index contributed by atoms with van der Waals surface area (Å²) in [6, 6.07) is 16.5. The molecule has 2 aromatic carbocycles. The van der Waals surface area contributed by atoms with Gasteiger partial charge in [-0.15, -0.1) is 0 Å². The van der Waals surface area contributed by atoms with Crippen LogP contribution in [0, 0.1) is 5.92 Å². The highest BCUT2D eigenvalue weighted by Crippen LogP contribution is 2.28. The number of nitrogens with one attached hydrogen (secondary N) is 1. The number of nitrogens with zero attached hydrogens (tertiary/aromatic N) is 3. The maximum absolute atomic E-state index is 12.8. The van der Waals surface area contributed by atoms with Gasteiger partial charge in [-0.2, -0.15) is 5.10 Å². The number of anilines is 2. The number of rotatable bonds is 6. The van der Waals surface area contributed by atoms with Gasteiger partial charge in [-0.3, -0.25) is 9.59 Å². The molecule has 0 radical (unpaired) electrons. The molecule has 1 aromatic heterocycles. The molecule has 0 spiro atoms. The van der Waals surface area contributed by atoms with Gasteiger partial charge >= 0.3 is 0 Å². The van der Waals surface area contributed by atoms with Crippen molar-refractivity contribution in [2.45, 2.75) is 13.0 Å². The van der Waals surface area contributed by atoms with Crippen molar-refractivity contribution in [3.63, 3.8) is 0 Å². The van der Waals surface area contributed by atoms with Gasteiger partial charge in [-0.25, -0.2) is 4.68 Å². The van der Waals surface area contributed by atoms with Crippen LogP contribution in [0.2, 0.25) is 5.02 Å². The zero-order chi connectivity index (χ0) is 21.1. The minimum atomic E-state index is -0.452. The number of hydrogen-bond acceptors (Lipinski definition) is 4. The van der Waals surface area contributed by atoms with Crippen molar-refractivity contribution >= 4 is 34.9 Å². The first-order valence-corrected chi connectivity index (χ1v) is 9.93. The number of aromatic nitrogens is 2. The number of amides is 2. The van der Waals surface area contributed by atoms with Crippen molar-refractivity contribution in [1.82, 2.24) is 9.78 Å². The van der Waals surface area contributed by atoms with Gasteiger partial charge in [0.15, 0.2) is 0 Å². The van der Waals surface area contributed by atoms with Gasteiger partial charge in [0.1, 0.15) is 11.6 Å². The Hall–Kier alpha value is -3.32. The maximum atomic E-state index is 12.8. The molecule has 30 heavy (non-hydrogen) atoms. The third kappa shape index (κ3) is 4.16. The van der Waals surface area contributed by atoms with Gasteiger partial charge in [0, 0.05) is 35.8 Å². The zero-order valence-electron chi connectivity index (χ0n) is 16.4. The van der Waals surface area contributed by atoms with Crippen LogP contribution in [-0.2, 0) is 16.1 Å². The molecule has 8 heteroatoms. The lowest BCUT2D eigenvalue weighted by atomic mass is 10.1. The van der Waals surface area contributed by atoms with E-state index in [4.69, 9.17) is 16.3 Å². The Bertz CT molecular complexity index is 1080. The Morgan fingerprint density at radius 1 is 1.23 bits per heavy atom. The van der Waals surface area contributed by atoms with Crippen LogP contribution in [0.4, 0.5) is 11.5 Å². The second-order valence-electron chi connectivity index (χ2n) is 7.06. The molecule has 1 aliphatic rings. The topological polar surface area (TPSA) is 76.5 Å². The molecule has 3 aromatic rings. The molecule has 154 valence electrons. The van der Waals surface area contributed by atoms with E-state index < -0.39 is 5.92 Å². The Balaban J connectivity index is 1.45. The van der Waals surface area contributed by atoms with Crippen molar-refractivity contribution in [2.75, 3.05) is 23.9 Å². The third-order valence-corrected chi connectivity index (χ3v) is 5.48. The standard InChI is InChI=1S/C22H21ClN4O3/c1-30-18-7-4-6-17(12-18)26-13-16(11-21(26)28)22(29)25-20-9-10-24-27(20)14-15-5-2-3-8-19(15)23/h2-10,12,16H,11,13-14H2,1H3,(H,25,29). The van der Waals surface area contributed by atoms with Crippen molar-refractivity contribution in [3.8, 4) is 5.75 Å². The minimum Gasteiger partial charge on any atom is -0.497 e. The smallest absolute Gasteiger partial charge is 0.230 e. The SMILES string of the molecule is COc1cccc(N2CC(C(=O)Nc3ccnn3Cc3ccccc3Cl)CC2=O)c1. The molecule has 7 nitrogen and oxygen atoms in total. The summed E-state index contributed by atoms with van der Waals surface area (Å²) < 4.78 is 6.90. The summed E-state index contributed by atoms with van der Waals surface area (Å²) in [4.78, 5) is 27.0. The minimum absolute atomic E-state index is 0.0898. The summed E-state index contributed by atoms with van der Waals surface area (Å²) in [7, 11) is 1.58. The number of ether oxygens (including phenoxy) is 1. The van der Waals surface area contributed by atoms with Gasteiger partial charge < -0.3 is 15.0 Å². The highest BCUT2D eigenvalue weighted by Gasteiger charge is 2.35. The summed E-state index contributed by atoms with van der Waals surface area (Å²) in [6.07, 6.45) is 1.77. The Morgan fingerprint density at radius 3 is 2.87 bits per heavy atom. The number of carbonyl (C=O) groups is 2. The van der Waals surface area contributed by atoms with Crippen LogP contribution in [0.3, 0.4) is 0 Å². The molecule has 0 bridgehead atoms. The van der Waals surface area contributed by atoms with E-state index in [1.165, 1.54) is 0 Å². The fraction of sp³-hybridized carbons (Fsp3) is 0.227. The Labute approximate surface area is 179 Å². The van der Waals surface area contributed by atoms with Crippen LogP contribution < -0.4 is 15.0 Å². The van der Waals surface area contributed by atoms with E-state index in [1.54, 1.807) is 35.0 Å². The van der Waals surface area contributed by atoms with E-state index >= 15 is 0 Å². The molecule has 1 fully saturated rings. The lowest BCUT2D eigenvalue weighted by Gasteiger charge is -2.17. The number of halogens is 1. The summed E-state index contributed by atoms with van der Waals surface area (Å²) in [5.74, 6) is 0.471. The third-order valence-electron chi connectivity index (χ3n) is 5.11. The molecule has 0 saturated carbocycles. The first-order valence-electron chi connectivity index (χ1n) is 9.55. The Kier molecular flexibility index (Phi) is 5.72. The second-order valence-corrected chi connectivity index (χ2v) is 7.47. The fourth-order valence-corrected chi connectivity index (χ4v) is 3.69. The summed E-state index contributed by atoms with van der Waals surface area (Å²) in [6.45, 7) is 0.748. The van der Waals surface area contributed by atoms with Gasteiger partial charge in [-0.1, -0.05) is 35.9 Å². The van der Waals surface area contributed by atoms with Gasteiger partial charge in [0.05, 0.1) is 25.8 Å². The van der Waals surface area contributed by atoms with Crippen molar-refractivity contribution in [1.29, 1.82) is 0 Å². The number of hydrogen-bond donors (Lipinski definition) is 1. The quantitative estimate of drug-likeness (QED) is 0.656. The van der Waals surface area contributed by atoms with Gasteiger partial charge in [0.2, 0.25) is 11.8 Å². The number of carbonyl (C=O) groups excluding carboxylic acids is 2.